The van der Waals surface area contributed by atoms with E-state index >= 15 is 0 Å². The van der Waals surface area contributed by atoms with Crippen molar-refractivity contribution in [1.29, 1.82) is 0 Å². The van der Waals surface area contributed by atoms with Crippen LogP contribution in [0, 0.1) is 11.3 Å². The van der Waals surface area contributed by atoms with Gasteiger partial charge in [0, 0.05) is 19.1 Å². The quantitative estimate of drug-likeness (QED) is 0.732. The van der Waals surface area contributed by atoms with Crippen LogP contribution in [0.25, 0.3) is 0 Å². The molecular weight excluding hydrogens is 224 g/mol. The summed E-state index contributed by atoms with van der Waals surface area (Å²) in [7, 11) is 2.09. The van der Waals surface area contributed by atoms with E-state index in [2.05, 4.69) is 38.0 Å². The van der Waals surface area contributed by atoms with Gasteiger partial charge in [0.1, 0.15) is 0 Å². The fourth-order valence-electron chi connectivity index (χ4n) is 3.39. The highest BCUT2D eigenvalue weighted by molar-refractivity contribution is 4.89. The van der Waals surface area contributed by atoms with E-state index in [1.807, 2.05) is 0 Å². The van der Waals surface area contributed by atoms with E-state index in [4.69, 9.17) is 5.11 Å². The fourth-order valence-corrected chi connectivity index (χ4v) is 3.39. The Bertz CT molecular complexity index is 225. The third kappa shape index (κ3) is 4.87. The van der Waals surface area contributed by atoms with Gasteiger partial charge in [0.15, 0.2) is 0 Å². The third-order valence-corrected chi connectivity index (χ3v) is 4.34. The predicted molar refractivity (Wildman–Crippen MR) is 77.8 cm³/mol. The van der Waals surface area contributed by atoms with Crippen molar-refractivity contribution in [1.82, 2.24) is 10.2 Å². The van der Waals surface area contributed by atoms with Crippen LogP contribution in [0.1, 0.15) is 46.5 Å². The van der Waals surface area contributed by atoms with E-state index in [0.29, 0.717) is 11.5 Å². The summed E-state index contributed by atoms with van der Waals surface area (Å²) < 4.78 is 0. The molecule has 2 atom stereocenters. The van der Waals surface area contributed by atoms with Gasteiger partial charge in [-0.1, -0.05) is 20.8 Å². The summed E-state index contributed by atoms with van der Waals surface area (Å²) in [6.07, 6.45) is 5.07. The highest BCUT2D eigenvalue weighted by Gasteiger charge is 2.34. The standard InChI is InChI=1S/C15H32N2O/c1-5-8-17(9-10-18)12-13-11-15(2,3)7-6-14(13)16-4/h13-14,16,18H,5-12H2,1-4H3. The molecule has 1 rings (SSSR count). The van der Waals surface area contributed by atoms with Crippen molar-refractivity contribution in [2.75, 3.05) is 33.3 Å². The van der Waals surface area contributed by atoms with Crippen molar-refractivity contribution in [2.24, 2.45) is 11.3 Å². The molecule has 1 fully saturated rings. The minimum Gasteiger partial charge on any atom is -0.395 e. The molecule has 1 aliphatic carbocycles. The summed E-state index contributed by atoms with van der Waals surface area (Å²) in [5.74, 6) is 0.719. The Hall–Kier alpha value is -0.120. The molecule has 0 aliphatic heterocycles. The molecule has 2 N–H and O–H groups in total. The minimum atomic E-state index is 0.278. The average Bonchev–Trinajstić information content (AvgIpc) is 2.29. The molecule has 3 nitrogen and oxygen atoms in total. The molecule has 0 bridgehead atoms. The minimum absolute atomic E-state index is 0.278. The molecule has 0 aromatic rings. The number of aliphatic hydroxyl groups is 1. The summed E-state index contributed by atoms with van der Waals surface area (Å²) in [5.41, 5.74) is 0.481. The van der Waals surface area contributed by atoms with Crippen LogP contribution in [-0.2, 0) is 0 Å². The Morgan fingerprint density at radius 2 is 2.06 bits per heavy atom. The number of nitrogens with zero attached hydrogens (tertiary/aromatic N) is 1. The van der Waals surface area contributed by atoms with Crippen molar-refractivity contribution in [2.45, 2.75) is 52.5 Å². The van der Waals surface area contributed by atoms with Crippen LogP contribution < -0.4 is 5.32 Å². The number of aliphatic hydroxyl groups excluding tert-OH is 1. The van der Waals surface area contributed by atoms with Gasteiger partial charge in [-0.15, -0.1) is 0 Å². The first kappa shape index (κ1) is 15.9. The molecule has 0 heterocycles. The van der Waals surface area contributed by atoms with Gasteiger partial charge < -0.3 is 15.3 Å². The lowest BCUT2D eigenvalue weighted by molar-refractivity contribution is 0.0938. The van der Waals surface area contributed by atoms with Gasteiger partial charge in [0.25, 0.3) is 0 Å². The maximum absolute atomic E-state index is 9.16. The Balaban J connectivity index is 2.58. The van der Waals surface area contributed by atoms with E-state index in [9.17, 15) is 0 Å². The summed E-state index contributed by atoms with van der Waals surface area (Å²) in [6, 6.07) is 0.649. The summed E-state index contributed by atoms with van der Waals surface area (Å²) >= 11 is 0. The van der Waals surface area contributed by atoms with Crippen LogP contribution in [0.3, 0.4) is 0 Å². The Kier molecular flexibility index (Phi) is 6.61. The second-order valence-corrected chi connectivity index (χ2v) is 6.59. The molecule has 1 aliphatic rings. The zero-order chi connectivity index (χ0) is 13.6. The zero-order valence-corrected chi connectivity index (χ0v) is 12.7. The maximum Gasteiger partial charge on any atom is 0.0558 e. The van der Waals surface area contributed by atoms with Crippen LogP contribution in [0.2, 0.25) is 0 Å². The number of rotatable bonds is 7. The van der Waals surface area contributed by atoms with Gasteiger partial charge in [-0.25, -0.2) is 0 Å². The van der Waals surface area contributed by atoms with E-state index in [1.165, 1.54) is 25.7 Å². The van der Waals surface area contributed by atoms with Gasteiger partial charge >= 0.3 is 0 Å². The zero-order valence-electron chi connectivity index (χ0n) is 12.7. The molecule has 0 saturated heterocycles. The lowest BCUT2D eigenvalue weighted by Crippen LogP contribution is -2.47. The number of hydrogen-bond donors (Lipinski definition) is 2. The topological polar surface area (TPSA) is 35.5 Å². The van der Waals surface area contributed by atoms with Crippen LogP contribution in [0.5, 0.6) is 0 Å². The molecule has 0 aromatic heterocycles. The highest BCUT2D eigenvalue weighted by atomic mass is 16.3. The second kappa shape index (κ2) is 7.46. The molecule has 2 unspecified atom stereocenters. The monoisotopic (exact) mass is 256 g/mol. The summed E-state index contributed by atoms with van der Waals surface area (Å²) in [4.78, 5) is 2.43. The van der Waals surface area contributed by atoms with Gasteiger partial charge in [-0.3, -0.25) is 0 Å². The highest BCUT2D eigenvalue weighted by Crippen LogP contribution is 2.38. The lowest BCUT2D eigenvalue weighted by Gasteiger charge is -2.42. The van der Waals surface area contributed by atoms with Crippen LogP contribution >= 0.6 is 0 Å². The van der Waals surface area contributed by atoms with Crippen molar-refractivity contribution in [3.63, 3.8) is 0 Å². The van der Waals surface area contributed by atoms with Crippen molar-refractivity contribution < 1.29 is 5.11 Å². The average molecular weight is 256 g/mol. The largest absolute Gasteiger partial charge is 0.395 e. The Morgan fingerprint density at radius 3 is 2.61 bits per heavy atom. The third-order valence-electron chi connectivity index (χ3n) is 4.34. The van der Waals surface area contributed by atoms with E-state index in [0.717, 1.165) is 25.6 Å². The second-order valence-electron chi connectivity index (χ2n) is 6.59. The van der Waals surface area contributed by atoms with Gasteiger partial charge in [0.2, 0.25) is 0 Å². The number of hydrogen-bond acceptors (Lipinski definition) is 3. The van der Waals surface area contributed by atoms with E-state index in [1.54, 1.807) is 0 Å². The molecule has 1 saturated carbocycles. The molecule has 0 aromatic carbocycles. The fraction of sp³-hybridized carbons (Fsp3) is 1.00. The predicted octanol–water partition coefficient (Wildman–Crippen LogP) is 2.10. The SMILES string of the molecule is CCCN(CCO)CC1CC(C)(C)CCC1NC. The van der Waals surface area contributed by atoms with Crippen molar-refractivity contribution in [3.8, 4) is 0 Å². The maximum atomic E-state index is 9.16. The molecular formula is C15H32N2O. The van der Waals surface area contributed by atoms with Crippen LogP contribution in [-0.4, -0.2) is 49.3 Å². The molecule has 0 spiro atoms. The van der Waals surface area contributed by atoms with Gasteiger partial charge in [-0.2, -0.15) is 0 Å². The lowest BCUT2D eigenvalue weighted by atomic mass is 9.69. The Morgan fingerprint density at radius 1 is 1.33 bits per heavy atom. The number of nitrogens with one attached hydrogen (secondary N) is 1. The van der Waals surface area contributed by atoms with Crippen LogP contribution in [0.15, 0.2) is 0 Å². The molecule has 3 heteroatoms. The van der Waals surface area contributed by atoms with E-state index < -0.39 is 0 Å². The smallest absolute Gasteiger partial charge is 0.0558 e. The van der Waals surface area contributed by atoms with Gasteiger partial charge in [0.05, 0.1) is 6.61 Å². The first-order valence-corrected chi connectivity index (χ1v) is 7.53. The van der Waals surface area contributed by atoms with Crippen LogP contribution in [0.4, 0.5) is 0 Å². The molecule has 0 amide bonds. The van der Waals surface area contributed by atoms with Crippen molar-refractivity contribution in [3.05, 3.63) is 0 Å². The molecule has 108 valence electrons. The van der Waals surface area contributed by atoms with Crippen molar-refractivity contribution >= 4 is 0 Å². The van der Waals surface area contributed by atoms with Gasteiger partial charge in [-0.05, 0) is 50.6 Å². The Labute approximate surface area is 113 Å². The summed E-state index contributed by atoms with van der Waals surface area (Å²) in [5, 5.41) is 12.7. The molecule has 0 radical (unpaired) electrons. The first-order chi connectivity index (χ1) is 8.52. The summed E-state index contributed by atoms with van der Waals surface area (Å²) in [6.45, 7) is 10.3. The first-order valence-electron chi connectivity index (χ1n) is 7.53. The van der Waals surface area contributed by atoms with E-state index in [-0.39, 0.29) is 6.61 Å². The molecule has 18 heavy (non-hydrogen) atoms. The normalized spacial score (nSPS) is 27.7.